The molecule has 1 saturated heterocycles. The highest BCUT2D eigenvalue weighted by atomic mass is 16.5. The summed E-state index contributed by atoms with van der Waals surface area (Å²) in [5.41, 5.74) is 6.03. The van der Waals surface area contributed by atoms with Crippen LogP contribution in [-0.2, 0) is 9.53 Å². The first kappa shape index (κ1) is 13.8. The molecule has 2 aliphatic rings. The number of hydrogen-bond donors (Lipinski definition) is 2. The molecule has 0 spiro atoms. The smallest absolute Gasteiger partial charge is 0.222 e. The number of hydrogen-bond acceptors (Lipinski definition) is 3. The fraction of sp³-hybridized carbons (Fsp3) is 0.929. The molecule has 2 rings (SSSR count). The number of amides is 1. The summed E-state index contributed by atoms with van der Waals surface area (Å²) in [5, 5.41) is 3.06. The number of carbonyl (C=O) groups is 1. The van der Waals surface area contributed by atoms with E-state index in [0.717, 1.165) is 38.8 Å². The third kappa shape index (κ3) is 3.69. The van der Waals surface area contributed by atoms with Gasteiger partial charge in [-0.1, -0.05) is 12.8 Å². The van der Waals surface area contributed by atoms with Crippen LogP contribution < -0.4 is 11.1 Å². The fourth-order valence-corrected chi connectivity index (χ4v) is 3.11. The second kappa shape index (κ2) is 6.53. The van der Waals surface area contributed by atoms with E-state index in [0.29, 0.717) is 13.0 Å². The van der Waals surface area contributed by atoms with Crippen molar-refractivity contribution >= 4 is 5.91 Å². The minimum Gasteiger partial charge on any atom is -0.378 e. The molecule has 0 aromatic heterocycles. The third-order valence-electron chi connectivity index (χ3n) is 4.44. The van der Waals surface area contributed by atoms with Crippen molar-refractivity contribution in [2.45, 2.75) is 57.5 Å². The lowest BCUT2D eigenvalue weighted by molar-refractivity contribution is -0.125. The highest BCUT2D eigenvalue weighted by molar-refractivity contribution is 5.76. The quantitative estimate of drug-likeness (QED) is 0.783. The van der Waals surface area contributed by atoms with Gasteiger partial charge in [0.05, 0.1) is 12.5 Å². The lowest BCUT2D eigenvalue weighted by Gasteiger charge is -2.28. The van der Waals surface area contributed by atoms with E-state index in [2.05, 4.69) is 5.32 Å². The zero-order valence-electron chi connectivity index (χ0n) is 11.2. The maximum absolute atomic E-state index is 11.9. The molecular weight excluding hydrogens is 228 g/mol. The van der Waals surface area contributed by atoms with E-state index >= 15 is 0 Å². The van der Waals surface area contributed by atoms with E-state index in [1.165, 1.54) is 19.3 Å². The first-order valence-corrected chi connectivity index (χ1v) is 7.32. The van der Waals surface area contributed by atoms with Crippen molar-refractivity contribution in [3.05, 3.63) is 0 Å². The Morgan fingerprint density at radius 2 is 2.06 bits per heavy atom. The monoisotopic (exact) mass is 254 g/mol. The van der Waals surface area contributed by atoms with E-state index < -0.39 is 0 Å². The second-order valence-electron chi connectivity index (χ2n) is 5.88. The molecule has 1 amide bonds. The fourth-order valence-electron chi connectivity index (χ4n) is 3.11. The third-order valence-corrected chi connectivity index (χ3v) is 4.44. The van der Waals surface area contributed by atoms with Crippen molar-refractivity contribution < 1.29 is 9.53 Å². The Kier molecular flexibility index (Phi) is 5.01. The lowest BCUT2D eigenvalue weighted by atomic mass is 9.86. The zero-order chi connectivity index (χ0) is 12.8. The van der Waals surface area contributed by atoms with Gasteiger partial charge in [-0.2, -0.15) is 0 Å². The Morgan fingerprint density at radius 1 is 1.28 bits per heavy atom. The molecular formula is C14H26N2O2. The van der Waals surface area contributed by atoms with E-state index in [9.17, 15) is 4.79 Å². The Morgan fingerprint density at radius 3 is 2.67 bits per heavy atom. The van der Waals surface area contributed by atoms with Crippen LogP contribution in [0.5, 0.6) is 0 Å². The summed E-state index contributed by atoms with van der Waals surface area (Å²) in [5.74, 6) is 0.127. The van der Waals surface area contributed by atoms with Gasteiger partial charge in [0, 0.05) is 13.2 Å². The lowest BCUT2D eigenvalue weighted by Crippen LogP contribution is -2.41. The number of carbonyl (C=O) groups excluding carboxylic acids is 1. The average molecular weight is 254 g/mol. The molecule has 1 saturated carbocycles. The van der Waals surface area contributed by atoms with E-state index in [1.54, 1.807) is 0 Å². The van der Waals surface area contributed by atoms with Crippen LogP contribution in [0.3, 0.4) is 0 Å². The largest absolute Gasteiger partial charge is 0.378 e. The molecule has 0 aromatic carbocycles. The van der Waals surface area contributed by atoms with Gasteiger partial charge in [0.2, 0.25) is 5.91 Å². The molecule has 1 heterocycles. The number of nitrogens with one attached hydrogen (secondary N) is 1. The Bertz CT molecular complexity index is 269. The highest BCUT2D eigenvalue weighted by Crippen LogP contribution is 2.36. The summed E-state index contributed by atoms with van der Waals surface area (Å²) >= 11 is 0. The predicted molar refractivity (Wildman–Crippen MR) is 71.2 cm³/mol. The van der Waals surface area contributed by atoms with Crippen LogP contribution in [0.25, 0.3) is 0 Å². The van der Waals surface area contributed by atoms with Crippen molar-refractivity contribution in [3.63, 3.8) is 0 Å². The molecule has 0 aromatic rings. The molecule has 4 heteroatoms. The van der Waals surface area contributed by atoms with E-state index in [4.69, 9.17) is 10.5 Å². The van der Waals surface area contributed by atoms with Gasteiger partial charge in [-0.3, -0.25) is 4.79 Å². The number of rotatable bonds is 5. The van der Waals surface area contributed by atoms with Crippen LogP contribution in [0.15, 0.2) is 0 Å². The summed E-state index contributed by atoms with van der Waals surface area (Å²) in [6.45, 7) is 2.24. The predicted octanol–water partition coefficient (Wildman–Crippen LogP) is 1.58. The van der Waals surface area contributed by atoms with Crippen molar-refractivity contribution in [2.24, 2.45) is 11.1 Å². The van der Waals surface area contributed by atoms with Crippen molar-refractivity contribution in [1.82, 2.24) is 5.32 Å². The molecule has 104 valence electrons. The van der Waals surface area contributed by atoms with Gasteiger partial charge in [0.25, 0.3) is 0 Å². The summed E-state index contributed by atoms with van der Waals surface area (Å²) < 4.78 is 5.59. The first-order valence-electron chi connectivity index (χ1n) is 7.32. The maximum atomic E-state index is 11.9. The van der Waals surface area contributed by atoms with Crippen molar-refractivity contribution in [2.75, 3.05) is 19.7 Å². The number of nitrogens with two attached hydrogens (primary N) is 1. The van der Waals surface area contributed by atoms with Crippen LogP contribution in [-0.4, -0.2) is 31.7 Å². The van der Waals surface area contributed by atoms with Gasteiger partial charge >= 0.3 is 0 Å². The zero-order valence-corrected chi connectivity index (χ0v) is 11.2. The minimum absolute atomic E-state index is 0.127. The van der Waals surface area contributed by atoms with Crippen LogP contribution in [0.1, 0.15) is 51.4 Å². The molecule has 1 aliphatic heterocycles. The van der Waals surface area contributed by atoms with Crippen molar-refractivity contribution in [1.29, 1.82) is 0 Å². The summed E-state index contributed by atoms with van der Waals surface area (Å²) in [7, 11) is 0. The van der Waals surface area contributed by atoms with Gasteiger partial charge in [0.1, 0.15) is 0 Å². The molecule has 18 heavy (non-hydrogen) atoms. The van der Waals surface area contributed by atoms with Gasteiger partial charge in [-0.25, -0.2) is 0 Å². The second-order valence-corrected chi connectivity index (χ2v) is 5.88. The Labute approximate surface area is 110 Å². The molecule has 0 bridgehead atoms. The standard InChI is InChI=1S/C14H26N2O2/c15-10-14(6-2-3-7-14)11-16-13(17)9-12-5-1-4-8-18-12/h12H,1-11,15H2,(H,16,17). The summed E-state index contributed by atoms with van der Waals surface area (Å²) in [6, 6.07) is 0. The molecule has 4 nitrogen and oxygen atoms in total. The van der Waals surface area contributed by atoms with Crippen molar-refractivity contribution in [3.8, 4) is 0 Å². The van der Waals surface area contributed by atoms with Gasteiger partial charge in [-0.15, -0.1) is 0 Å². The molecule has 2 fully saturated rings. The van der Waals surface area contributed by atoms with E-state index in [1.807, 2.05) is 0 Å². The maximum Gasteiger partial charge on any atom is 0.222 e. The van der Waals surface area contributed by atoms with Crippen LogP contribution in [0, 0.1) is 5.41 Å². The van der Waals surface area contributed by atoms with Crippen LogP contribution in [0.2, 0.25) is 0 Å². The summed E-state index contributed by atoms with van der Waals surface area (Å²) in [4.78, 5) is 11.9. The minimum atomic E-state index is 0.127. The molecule has 1 unspecified atom stereocenters. The SMILES string of the molecule is NCC1(CNC(=O)CC2CCCCO2)CCCC1. The van der Waals surface area contributed by atoms with E-state index in [-0.39, 0.29) is 17.4 Å². The molecule has 0 radical (unpaired) electrons. The Hall–Kier alpha value is -0.610. The number of ether oxygens (including phenoxy) is 1. The molecule has 3 N–H and O–H groups in total. The average Bonchev–Trinajstić information content (AvgIpc) is 2.87. The molecule has 1 atom stereocenters. The van der Waals surface area contributed by atoms with Crippen LogP contribution in [0.4, 0.5) is 0 Å². The summed E-state index contributed by atoms with van der Waals surface area (Å²) in [6.07, 6.45) is 8.80. The normalized spacial score (nSPS) is 27.1. The van der Waals surface area contributed by atoms with Gasteiger partial charge in [-0.05, 0) is 44.1 Å². The van der Waals surface area contributed by atoms with Gasteiger partial charge in [0.15, 0.2) is 0 Å². The van der Waals surface area contributed by atoms with Gasteiger partial charge < -0.3 is 15.8 Å². The molecule has 1 aliphatic carbocycles. The first-order chi connectivity index (χ1) is 8.74. The Balaban J connectivity index is 1.70. The highest BCUT2D eigenvalue weighted by Gasteiger charge is 2.32. The topological polar surface area (TPSA) is 64.3 Å². The van der Waals surface area contributed by atoms with Crippen LogP contribution >= 0.6 is 0 Å².